The maximum Gasteiger partial charge on any atom is 0.252 e. The van der Waals surface area contributed by atoms with Crippen LogP contribution in [-0.2, 0) is 14.3 Å². The highest BCUT2D eigenvalue weighted by Gasteiger charge is 2.38. The maximum atomic E-state index is 12.5. The molecule has 2 rings (SSSR count). The van der Waals surface area contributed by atoms with Crippen LogP contribution >= 0.6 is 0 Å². The summed E-state index contributed by atoms with van der Waals surface area (Å²) in [5.74, 6) is 0.432. The number of rotatable bonds is 3. The van der Waals surface area contributed by atoms with Crippen LogP contribution in [0.3, 0.4) is 0 Å². The van der Waals surface area contributed by atoms with Crippen LogP contribution in [0.2, 0.25) is 0 Å². The Kier molecular flexibility index (Phi) is 4.59. The van der Waals surface area contributed by atoms with E-state index in [2.05, 4.69) is 6.92 Å². The van der Waals surface area contributed by atoms with Gasteiger partial charge in [0.1, 0.15) is 6.10 Å². The summed E-state index contributed by atoms with van der Waals surface area (Å²) in [5.41, 5.74) is 5.79. The van der Waals surface area contributed by atoms with Gasteiger partial charge < -0.3 is 20.1 Å². The minimum atomic E-state index is -0.266. The number of likely N-dealkylation sites (tertiary alicyclic amines) is 1. The molecule has 0 bridgehead atoms. The highest BCUT2D eigenvalue weighted by Crippen LogP contribution is 2.26. The van der Waals surface area contributed by atoms with Gasteiger partial charge in [0.25, 0.3) is 5.91 Å². The molecule has 2 heterocycles. The Balaban J connectivity index is 2.00. The van der Waals surface area contributed by atoms with E-state index in [0.717, 1.165) is 25.8 Å². The zero-order valence-electron chi connectivity index (χ0n) is 11.3. The molecule has 0 spiro atoms. The number of nitrogens with two attached hydrogens (primary N) is 1. The van der Waals surface area contributed by atoms with Gasteiger partial charge in [-0.05, 0) is 25.2 Å². The van der Waals surface area contributed by atoms with E-state index < -0.39 is 0 Å². The first-order valence-electron chi connectivity index (χ1n) is 6.82. The minimum Gasteiger partial charge on any atom is -0.381 e. The van der Waals surface area contributed by atoms with E-state index in [4.69, 9.17) is 15.2 Å². The number of piperidine rings is 1. The molecule has 0 radical (unpaired) electrons. The number of nitrogens with zero attached hydrogens (tertiary/aromatic N) is 1. The fourth-order valence-corrected chi connectivity index (χ4v) is 2.92. The van der Waals surface area contributed by atoms with E-state index in [9.17, 15) is 4.79 Å². The van der Waals surface area contributed by atoms with Crippen LogP contribution < -0.4 is 5.73 Å². The van der Waals surface area contributed by atoms with E-state index in [1.54, 1.807) is 7.11 Å². The van der Waals surface area contributed by atoms with Gasteiger partial charge in [-0.1, -0.05) is 6.92 Å². The van der Waals surface area contributed by atoms with Crippen LogP contribution in [0, 0.1) is 5.92 Å². The topological polar surface area (TPSA) is 64.8 Å². The zero-order chi connectivity index (χ0) is 13.1. The lowest BCUT2D eigenvalue weighted by atomic mass is 9.96. The molecule has 18 heavy (non-hydrogen) atoms. The number of methoxy groups -OCH3 is 1. The van der Waals surface area contributed by atoms with Gasteiger partial charge in [0.05, 0.1) is 6.10 Å². The van der Waals surface area contributed by atoms with E-state index >= 15 is 0 Å². The van der Waals surface area contributed by atoms with E-state index in [1.165, 1.54) is 0 Å². The van der Waals surface area contributed by atoms with Crippen LogP contribution in [0.4, 0.5) is 0 Å². The third-order valence-corrected chi connectivity index (χ3v) is 4.19. The van der Waals surface area contributed by atoms with Crippen molar-refractivity contribution in [3.8, 4) is 0 Å². The van der Waals surface area contributed by atoms with E-state index in [0.29, 0.717) is 19.1 Å². The lowest BCUT2D eigenvalue weighted by Gasteiger charge is -2.39. The quantitative estimate of drug-likeness (QED) is 0.792. The Morgan fingerprint density at radius 2 is 2.28 bits per heavy atom. The van der Waals surface area contributed by atoms with Crippen molar-refractivity contribution >= 4 is 5.91 Å². The van der Waals surface area contributed by atoms with Crippen LogP contribution in [0.15, 0.2) is 0 Å². The highest BCUT2D eigenvalue weighted by atomic mass is 16.5. The molecule has 5 heteroatoms. The summed E-state index contributed by atoms with van der Waals surface area (Å²) < 4.78 is 10.9. The molecule has 5 nitrogen and oxygen atoms in total. The van der Waals surface area contributed by atoms with Crippen LogP contribution in [0.5, 0.6) is 0 Å². The summed E-state index contributed by atoms with van der Waals surface area (Å²) in [4.78, 5) is 14.4. The van der Waals surface area contributed by atoms with Crippen molar-refractivity contribution in [2.45, 2.75) is 44.4 Å². The molecule has 2 aliphatic rings. The zero-order valence-corrected chi connectivity index (χ0v) is 11.3. The van der Waals surface area contributed by atoms with Crippen molar-refractivity contribution in [1.82, 2.24) is 4.90 Å². The lowest BCUT2D eigenvalue weighted by molar-refractivity contribution is -0.148. The molecule has 4 unspecified atom stereocenters. The Labute approximate surface area is 109 Å². The molecule has 0 aromatic rings. The molecule has 2 aliphatic heterocycles. The third kappa shape index (κ3) is 2.68. The summed E-state index contributed by atoms with van der Waals surface area (Å²) in [6.07, 6.45) is 2.65. The first-order chi connectivity index (χ1) is 8.67. The smallest absolute Gasteiger partial charge is 0.252 e. The van der Waals surface area contributed by atoms with Gasteiger partial charge >= 0.3 is 0 Å². The van der Waals surface area contributed by atoms with Gasteiger partial charge in [-0.2, -0.15) is 0 Å². The van der Waals surface area contributed by atoms with Gasteiger partial charge in [-0.15, -0.1) is 0 Å². The monoisotopic (exact) mass is 256 g/mol. The average Bonchev–Trinajstić information content (AvgIpc) is 2.83. The summed E-state index contributed by atoms with van der Waals surface area (Å²) in [5, 5.41) is 0. The van der Waals surface area contributed by atoms with Crippen LogP contribution in [0.25, 0.3) is 0 Å². The van der Waals surface area contributed by atoms with Crippen molar-refractivity contribution in [3.63, 3.8) is 0 Å². The largest absolute Gasteiger partial charge is 0.381 e. The molecule has 2 N–H and O–H groups in total. The number of carbonyl (C=O) groups excluding carboxylic acids is 1. The van der Waals surface area contributed by atoms with Crippen LogP contribution in [-0.4, -0.2) is 55.9 Å². The van der Waals surface area contributed by atoms with E-state index in [-0.39, 0.29) is 24.2 Å². The number of hydrogen-bond acceptors (Lipinski definition) is 4. The molecule has 1 amide bonds. The number of hydrogen-bond donors (Lipinski definition) is 1. The summed E-state index contributed by atoms with van der Waals surface area (Å²) in [6, 6.07) is 0.0904. The van der Waals surface area contributed by atoms with Gasteiger partial charge in [-0.3, -0.25) is 4.79 Å². The van der Waals surface area contributed by atoms with Gasteiger partial charge in [-0.25, -0.2) is 0 Å². The minimum absolute atomic E-state index is 0.0904. The second-order valence-corrected chi connectivity index (χ2v) is 5.36. The van der Waals surface area contributed by atoms with Gasteiger partial charge in [0.15, 0.2) is 0 Å². The molecule has 4 atom stereocenters. The predicted octanol–water partition coefficient (Wildman–Crippen LogP) is 0.376. The molecule has 0 aromatic carbocycles. The molecule has 2 fully saturated rings. The standard InChI is InChI=1S/C13H24N2O3/c1-9-4-6-18-12(9)13(16)15-5-3-11(17-2)7-10(15)8-14/h9-12H,3-8,14H2,1-2H3. The second kappa shape index (κ2) is 5.99. The summed E-state index contributed by atoms with van der Waals surface area (Å²) in [7, 11) is 1.72. The highest BCUT2D eigenvalue weighted by molar-refractivity contribution is 5.82. The van der Waals surface area contributed by atoms with Crippen molar-refractivity contribution < 1.29 is 14.3 Å². The lowest BCUT2D eigenvalue weighted by Crippen LogP contribution is -2.54. The third-order valence-electron chi connectivity index (χ3n) is 4.19. The number of ether oxygens (including phenoxy) is 2. The average molecular weight is 256 g/mol. The van der Waals surface area contributed by atoms with Crippen LogP contribution in [0.1, 0.15) is 26.2 Å². The first kappa shape index (κ1) is 13.8. The maximum absolute atomic E-state index is 12.5. The summed E-state index contributed by atoms with van der Waals surface area (Å²) in [6.45, 7) is 3.99. The summed E-state index contributed by atoms with van der Waals surface area (Å²) >= 11 is 0. The van der Waals surface area contributed by atoms with Gasteiger partial charge in [0, 0.05) is 32.8 Å². The van der Waals surface area contributed by atoms with E-state index in [1.807, 2.05) is 4.90 Å². The molecule has 0 saturated carbocycles. The predicted molar refractivity (Wildman–Crippen MR) is 68.1 cm³/mol. The first-order valence-corrected chi connectivity index (χ1v) is 6.82. The molecular weight excluding hydrogens is 232 g/mol. The fraction of sp³-hybridized carbons (Fsp3) is 0.923. The number of amides is 1. The Hall–Kier alpha value is -0.650. The SMILES string of the molecule is COC1CCN(C(=O)C2OCCC2C)C(CN)C1. The number of carbonyl (C=O) groups is 1. The van der Waals surface area contributed by atoms with Crippen molar-refractivity contribution in [2.75, 3.05) is 26.8 Å². The Morgan fingerprint density at radius 1 is 1.50 bits per heavy atom. The van der Waals surface area contributed by atoms with Gasteiger partial charge in [0.2, 0.25) is 0 Å². The molecular formula is C13H24N2O3. The molecule has 2 saturated heterocycles. The Morgan fingerprint density at radius 3 is 2.83 bits per heavy atom. The molecule has 104 valence electrons. The fourth-order valence-electron chi connectivity index (χ4n) is 2.92. The second-order valence-electron chi connectivity index (χ2n) is 5.36. The molecule has 0 aromatic heterocycles. The van der Waals surface area contributed by atoms with Crippen molar-refractivity contribution in [3.05, 3.63) is 0 Å². The molecule has 0 aliphatic carbocycles. The van der Waals surface area contributed by atoms with Crippen molar-refractivity contribution in [1.29, 1.82) is 0 Å². The Bertz CT molecular complexity index is 298. The van der Waals surface area contributed by atoms with Crippen molar-refractivity contribution in [2.24, 2.45) is 11.7 Å². The normalized spacial score (nSPS) is 36.9.